The number of hydrogen-bond donors (Lipinski definition) is 2. The summed E-state index contributed by atoms with van der Waals surface area (Å²) in [7, 11) is -2.65. The SMILES string of the molecule is O=P(CCNNc1ccccc1)(c1ccccc1)c1ccccc1. The fourth-order valence-corrected chi connectivity index (χ4v) is 5.19. The molecule has 3 aromatic carbocycles. The van der Waals surface area contributed by atoms with Gasteiger partial charge in [0.1, 0.15) is 7.14 Å². The first-order valence-corrected chi connectivity index (χ1v) is 9.92. The van der Waals surface area contributed by atoms with Gasteiger partial charge in [-0.1, -0.05) is 78.9 Å². The third-order valence-electron chi connectivity index (χ3n) is 3.90. The van der Waals surface area contributed by atoms with Crippen molar-refractivity contribution in [1.82, 2.24) is 5.43 Å². The molecule has 24 heavy (non-hydrogen) atoms. The topological polar surface area (TPSA) is 41.1 Å². The van der Waals surface area contributed by atoms with Crippen molar-refractivity contribution >= 4 is 23.4 Å². The van der Waals surface area contributed by atoms with E-state index in [2.05, 4.69) is 10.9 Å². The second kappa shape index (κ2) is 7.96. The maximum absolute atomic E-state index is 13.8. The second-order valence-corrected chi connectivity index (χ2v) is 8.51. The first-order chi connectivity index (χ1) is 11.8. The molecule has 3 nitrogen and oxygen atoms in total. The Morgan fingerprint density at radius 2 is 1.12 bits per heavy atom. The molecule has 0 aliphatic heterocycles. The van der Waals surface area contributed by atoms with Crippen LogP contribution in [-0.4, -0.2) is 12.7 Å². The fourth-order valence-electron chi connectivity index (χ4n) is 2.64. The lowest BCUT2D eigenvalue weighted by molar-refractivity contribution is 0.585. The highest BCUT2D eigenvalue weighted by atomic mass is 31.2. The molecule has 0 spiro atoms. The number of nitrogens with one attached hydrogen (secondary N) is 2. The average Bonchev–Trinajstić information content (AvgIpc) is 2.67. The maximum Gasteiger partial charge on any atom is 0.144 e. The molecule has 0 saturated heterocycles. The molecule has 0 saturated carbocycles. The molecule has 3 rings (SSSR count). The molecule has 2 N–H and O–H groups in total. The van der Waals surface area contributed by atoms with Crippen molar-refractivity contribution in [2.24, 2.45) is 0 Å². The van der Waals surface area contributed by atoms with E-state index in [0.29, 0.717) is 12.7 Å². The van der Waals surface area contributed by atoms with Crippen molar-refractivity contribution in [1.29, 1.82) is 0 Å². The Labute approximate surface area is 143 Å². The second-order valence-electron chi connectivity index (χ2n) is 5.55. The molecule has 0 unspecified atom stereocenters. The average molecular weight is 336 g/mol. The van der Waals surface area contributed by atoms with Crippen LogP contribution >= 0.6 is 7.14 Å². The number of rotatable bonds is 7. The van der Waals surface area contributed by atoms with Gasteiger partial charge in [-0.25, -0.2) is 5.43 Å². The lowest BCUT2D eigenvalue weighted by Crippen LogP contribution is -2.29. The standard InChI is InChI=1S/C20H21N2OP/c23-24(19-12-6-2-7-13-19,20-14-8-3-9-15-20)17-16-21-22-18-10-4-1-5-11-18/h1-15,21-22H,16-17H2. The van der Waals surface area contributed by atoms with Crippen molar-refractivity contribution < 1.29 is 4.57 Å². The molecule has 0 heterocycles. The minimum Gasteiger partial charge on any atom is -0.321 e. The van der Waals surface area contributed by atoms with E-state index in [9.17, 15) is 4.57 Å². The van der Waals surface area contributed by atoms with E-state index in [-0.39, 0.29) is 0 Å². The highest BCUT2D eigenvalue weighted by Crippen LogP contribution is 2.42. The minimum atomic E-state index is -2.65. The molecule has 0 bridgehead atoms. The van der Waals surface area contributed by atoms with Gasteiger partial charge in [0.25, 0.3) is 0 Å². The Bertz CT molecular complexity index is 748. The first kappa shape index (κ1) is 16.5. The number of hydrazine groups is 1. The molecule has 0 radical (unpaired) electrons. The summed E-state index contributed by atoms with van der Waals surface area (Å²) in [6.45, 7) is 0.607. The summed E-state index contributed by atoms with van der Waals surface area (Å²) in [4.78, 5) is 0. The zero-order valence-corrected chi connectivity index (χ0v) is 14.3. The van der Waals surface area contributed by atoms with E-state index in [4.69, 9.17) is 0 Å². The van der Waals surface area contributed by atoms with E-state index in [1.165, 1.54) is 0 Å². The highest BCUT2D eigenvalue weighted by Gasteiger charge is 2.26. The monoisotopic (exact) mass is 336 g/mol. The Morgan fingerprint density at radius 3 is 1.62 bits per heavy atom. The van der Waals surface area contributed by atoms with Crippen LogP contribution < -0.4 is 21.5 Å². The van der Waals surface area contributed by atoms with Crippen molar-refractivity contribution in [2.75, 3.05) is 18.1 Å². The summed E-state index contributed by atoms with van der Waals surface area (Å²) >= 11 is 0. The lowest BCUT2D eigenvalue weighted by Gasteiger charge is -2.20. The molecule has 0 amide bonds. The van der Waals surface area contributed by atoms with Crippen LogP contribution in [0.1, 0.15) is 0 Å². The molecule has 0 aliphatic carbocycles. The van der Waals surface area contributed by atoms with E-state index >= 15 is 0 Å². The van der Waals surface area contributed by atoms with Gasteiger partial charge in [-0.3, -0.25) is 0 Å². The van der Waals surface area contributed by atoms with Crippen molar-refractivity contribution in [3.63, 3.8) is 0 Å². The number of benzene rings is 3. The van der Waals surface area contributed by atoms with Crippen molar-refractivity contribution in [2.45, 2.75) is 0 Å². The van der Waals surface area contributed by atoms with Crippen molar-refractivity contribution in [3.05, 3.63) is 91.0 Å². The van der Waals surface area contributed by atoms with Crippen LogP contribution in [0.3, 0.4) is 0 Å². The summed E-state index contributed by atoms with van der Waals surface area (Å²) in [6.07, 6.45) is 0.556. The van der Waals surface area contributed by atoms with E-state index in [1.807, 2.05) is 91.0 Å². The van der Waals surface area contributed by atoms with Crippen LogP contribution in [0.25, 0.3) is 0 Å². The van der Waals surface area contributed by atoms with Crippen LogP contribution in [0, 0.1) is 0 Å². The Hall–Kier alpha value is -2.35. The molecule has 0 atom stereocenters. The molecule has 4 heteroatoms. The Balaban J connectivity index is 1.73. The third kappa shape index (κ3) is 3.94. The molecule has 0 aromatic heterocycles. The van der Waals surface area contributed by atoms with Gasteiger partial charge >= 0.3 is 0 Å². The normalized spacial score (nSPS) is 11.2. The predicted octanol–water partition coefficient (Wildman–Crippen LogP) is 3.62. The van der Waals surface area contributed by atoms with E-state index < -0.39 is 7.14 Å². The van der Waals surface area contributed by atoms with Gasteiger partial charge in [0.2, 0.25) is 0 Å². The van der Waals surface area contributed by atoms with Crippen LogP contribution in [-0.2, 0) is 4.57 Å². The van der Waals surface area contributed by atoms with Gasteiger partial charge in [0.15, 0.2) is 0 Å². The van der Waals surface area contributed by atoms with Crippen LogP contribution in [0.5, 0.6) is 0 Å². The summed E-state index contributed by atoms with van der Waals surface area (Å²) in [5.41, 5.74) is 7.32. The molecule has 122 valence electrons. The van der Waals surface area contributed by atoms with Gasteiger partial charge in [-0.2, -0.15) is 0 Å². The smallest absolute Gasteiger partial charge is 0.144 e. The van der Waals surface area contributed by atoms with Gasteiger partial charge in [0, 0.05) is 29.0 Å². The van der Waals surface area contributed by atoms with E-state index in [0.717, 1.165) is 16.3 Å². The zero-order chi connectivity index (χ0) is 16.7. The van der Waals surface area contributed by atoms with Crippen LogP contribution in [0.2, 0.25) is 0 Å². The largest absolute Gasteiger partial charge is 0.321 e. The third-order valence-corrected chi connectivity index (χ3v) is 7.02. The number of anilines is 1. The lowest BCUT2D eigenvalue weighted by atomic mass is 10.3. The summed E-state index contributed by atoms with van der Waals surface area (Å²) < 4.78 is 13.8. The Morgan fingerprint density at radius 1 is 0.667 bits per heavy atom. The highest BCUT2D eigenvalue weighted by molar-refractivity contribution is 7.78. The van der Waals surface area contributed by atoms with Crippen LogP contribution in [0.4, 0.5) is 5.69 Å². The molecular weight excluding hydrogens is 315 g/mol. The molecule has 0 aliphatic rings. The summed E-state index contributed by atoms with van der Waals surface area (Å²) in [5, 5.41) is 1.80. The summed E-state index contributed by atoms with van der Waals surface area (Å²) in [6, 6.07) is 29.4. The van der Waals surface area contributed by atoms with E-state index in [1.54, 1.807) is 0 Å². The quantitative estimate of drug-likeness (QED) is 0.393. The number of para-hydroxylation sites is 1. The zero-order valence-electron chi connectivity index (χ0n) is 13.4. The summed E-state index contributed by atoms with van der Waals surface area (Å²) in [5.74, 6) is 0. The molecule has 3 aromatic rings. The number of hydrogen-bond acceptors (Lipinski definition) is 3. The molecular formula is C20H21N2OP. The van der Waals surface area contributed by atoms with Crippen molar-refractivity contribution in [3.8, 4) is 0 Å². The fraction of sp³-hybridized carbons (Fsp3) is 0.100. The minimum absolute atomic E-state index is 0.556. The molecule has 0 fully saturated rings. The van der Waals surface area contributed by atoms with Gasteiger partial charge in [0.05, 0.1) is 0 Å². The first-order valence-electron chi connectivity index (χ1n) is 8.03. The maximum atomic E-state index is 13.8. The van der Waals surface area contributed by atoms with Gasteiger partial charge < -0.3 is 9.99 Å². The van der Waals surface area contributed by atoms with Gasteiger partial charge in [-0.15, -0.1) is 0 Å². The Kier molecular flexibility index (Phi) is 5.47. The van der Waals surface area contributed by atoms with Gasteiger partial charge in [-0.05, 0) is 12.1 Å². The van der Waals surface area contributed by atoms with Crippen LogP contribution in [0.15, 0.2) is 91.0 Å². The predicted molar refractivity (Wildman–Crippen MR) is 103 cm³/mol.